The number of amides is 2. The van der Waals surface area contributed by atoms with Crippen molar-refractivity contribution < 1.29 is 19.1 Å². The smallest absolute Gasteiger partial charge is 0.254 e. The summed E-state index contributed by atoms with van der Waals surface area (Å²) >= 11 is 0. The Bertz CT molecular complexity index is 1300. The fraction of sp³-hybridized carbons (Fsp3) is 0.200. The highest BCUT2D eigenvalue weighted by Gasteiger charge is 2.22. The van der Waals surface area contributed by atoms with Gasteiger partial charge in [-0.1, -0.05) is 19.6 Å². The first kappa shape index (κ1) is 24.2. The van der Waals surface area contributed by atoms with Gasteiger partial charge in [-0.15, -0.1) is 0 Å². The molecule has 2 heterocycles. The minimum absolute atomic E-state index is 0. The van der Waals surface area contributed by atoms with Crippen molar-refractivity contribution in [3.63, 3.8) is 0 Å². The molecule has 0 aliphatic heterocycles. The lowest BCUT2D eigenvalue weighted by Crippen LogP contribution is -2.45. The Morgan fingerprint density at radius 3 is 2.47 bits per heavy atom. The molecule has 0 aliphatic carbocycles. The van der Waals surface area contributed by atoms with Crippen LogP contribution in [0.15, 0.2) is 60.9 Å². The molecule has 2 amide bonds. The number of carbonyl (C=O) groups excluding carboxylic acids is 2. The molecule has 176 valence electrons. The number of imidazole rings is 1. The van der Waals surface area contributed by atoms with Crippen molar-refractivity contribution in [2.24, 2.45) is 5.73 Å². The molecule has 4 aromatic rings. The number of methoxy groups -OCH3 is 2. The van der Waals surface area contributed by atoms with Crippen LogP contribution in [0.2, 0.25) is 0 Å². The zero-order valence-electron chi connectivity index (χ0n) is 18.2. The number of carbonyl (C=O) groups is 2. The lowest BCUT2D eigenvalue weighted by Gasteiger charge is -2.17. The Hall–Kier alpha value is -4.40. The van der Waals surface area contributed by atoms with Gasteiger partial charge in [-0.2, -0.15) is 0 Å². The summed E-state index contributed by atoms with van der Waals surface area (Å²) in [6.45, 7) is 0. The average Bonchev–Trinajstić information content (AvgIpc) is 3.28. The van der Waals surface area contributed by atoms with Gasteiger partial charge in [0, 0.05) is 24.4 Å². The van der Waals surface area contributed by atoms with Gasteiger partial charge in [0.1, 0.15) is 17.4 Å². The Morgan fingerprint density at radius 2 is 1.79 bits per heavy atom. The molecular formula is C25H27N5O4. The van der Waals surface area contributed by atoms with Crippen LogP contribution < -0.4 is 20.5 Å². The number of primary amides is 1. The number of hydrogen-bond donors (Lipinski definition) is 3. The predicted molar refractivity (Wildman–Crippen MR) is 130 cm³/mol. The van der Waals surface area contributed by atoms with E-state index in [0.717, 1.165) is 11.1 Å². The number of rotatable bonds is 8. The molecule has 0 spiro atoms. The molecular weight excluding hydrogens is 434 g/mol. The Balaban J connectivity index is 0.00000324. The second kappa shape index (κ2) is 10.5. The fourth-order valence-corrected chi connectivity index (χ4v) is 3.56. The van der Waals surface area contributed by atoms with Crippen LogP contribution in [0.3, 0.4) is 0 Å². The molecule has 2 aromatic carbocycles. The summed E-state index contributed by atoms with van der Waals surface area (Å²) in [6.07, 6.45) is 3.53. The number of hydrogen-bond acceptors (Lipinski definition) is 6. The van der Waals surface area contributed by atoms with Crippen molar-refractivity contribution in [1.82, 2.24) is 20.3 Å². The molecule has 0 aliphatic rings. The molecule has 4 rings (SSSR count). The molecule has 1 atom stereocenters. The number of nitrogens with two attached hydrogens (primary N) is 1. The highest BCUT2D eigenvalue weighted by molar-refractivity contribution is 6.06. The lowest BCUT2D eigenvalue weighted by atomic mass is 10.0. The third kappa shape index (κ3) is 4.98. The normalized spacial score (nSPS) is 11.4. The highest BCUT2D eigenvalue weighted by Crippen LogP contribution is 2.28. The van der Waals surface area contributed by atoms with E-state index in [1.165, 1.54) is 7.11 Å². The van der Waals surface area contributed by atoms with Crippen molar-refractivity contribution in [3.8, 4) is 22.9 Å². The first-order valence-electron chi connectivity index (χ1n) is 10.2. The predicted octanol–water partition coefficient (Wildman–Crippen LogP) is 3.10. The van der Waals surface area contributed by atoms with E-state index < -0.39 is 17.9 Å². The number of ether oxygens (including phenoxy) is 2. The van der Waals surface area contributed by atoms with E-state index >= 15 is 0 Å². The van der Waals surface area contributed by atoms with E-state index in [0.29, 0.717) is 33.9 Å². The zero-order chi connectivity index (χ0) is 23.4. The summed E-state index contributed by atoms with van der Waals surface area (Å²) in [4.78, 5) is 37.0. The fourth-order valence-electron chi connectivity index (χ4n) is 3.56. The van der Waals surface area contributed by atoms with Gasteiger partial charge in [-0.25, -0.2) is 4.98 Å². The first-order chi connectivity index (χ1) is 16.0. The molecule has 9 nitrogen and oxygen atoms in total. The first-order valence-corrected chi connectivity index (χ1v) is 10.2. The molecule has 2 aromatic heterocycles. The Morgan fingerprint density at radius 1 is 1.06 bits per heavy atom. The number of aromatic amines is 1. The molecule has 0 fully saturated rings. The molecule has 9 heteroatoms. The van der Waals surface area contributed by atoms with Gasteiger partial charge < -0.3 is 25.5 Å². The number of fused-ring (bicyclic) bond motifs is 1. The summed E-state index contributed by atoms with van der Waals surface area (Å²) < 4.78 is 10.6. The quantitative estimate of drug-likeness (QED) is 0.369. The Labute approximate surface area is 197 Å². The SMILES string of the molecule is C.COc1ccc(C[C@H](NC(=O)c2cccc3[nH]c(-c4ccncc4)nc23)C(N)=O)cc1OC. The van der Waals surface area contributed by atoms with Crippen LogP contribution in [-0.4, -0.2) is 47.0 Å². The van der Waals surface area contributed by atoms with Crippen molar-refractivity contribution in [2.75, 3.05) is 14.2 Å². The minimum Gasteiger partial charge on any atom is -0.493 e. The summed E-state index contributed by atoms with van der Waals surface area (Å²) in [5.41, 5.74) is 8.73. The molecule has 34 heavy (non-hydrogen) atoms. The summed E-state index contributed by atoms with van der Waals surface area (Å²) in [5, 5.41) is 2.74. The maximum absolute atomic E-state index is 13.1. The summed E-state index contributed by atoms with van der Waals surface area (Å²) in [7, 11) is 3.07. The molecule has 0 bridgehead atoms. The number of aromatic nitrogens is 3. The van der Waals surface area contributed by atoms with Gasteiger partial charge in [-0.05, 0) is 42.0 Å². The van der Waals surface area contributed by atoms with Crippen LogP contribution in [0.25, 0.3) is 22.4 Å². The number of para-hydroxylation sites is 1. The van der Waals surface area contributed by atoms with Crippen LogP contribution in [0.4, 0.5) is 0 Å². The van der Waals surface area contributed by atoms with Crippen molar-refractivity contribution in [1.29, 1.82) is 0 Å². The summed E-state index contributed by atoms with van der Waals surface area (Å²) in [5.74, 6) is 0.609. The third-order valence-electron chi connectivity index (χ3n) is 5.25. The lowest BCUT2D eigenvalue weighted by molar-refractivity contribution is -0.119. The zero-order valence-corrected chi connectivity index (χ0v) is 18.2. The summed E-state index contributed by atoms with van der Waals surface area (Å²) in [6, 6.07) is 13.2. The monoisotopic (exact) mass is 461 g/mol. The van der Waals surface area contributed by atoms with Crippen LogP contribution >= 0.6 is 0 Å². The van der Waals surface area contributed by atoms with E-state index in [4.69, 9.17) is 15.2 Å². The van der Waals surface area contributed by atoms with Gasteiger partial charge in [0.15, 0.2) is 11.5 Å². The second-order valence-electron chi connectivity index (χ2n) is 7.34. The van der Waals surface area contributed by atoms with Crippen LogP contribution in [-0.2, 0) is 11.2 Å². The molecule has 4 N–H and O–H groups in total. The van der Waals surface area contributed by atoms with E-state index in [-0.39, 0.29) is 13.8 Å². The van der Waals surface area contributed by atoms with Gasteiger partial charge in [0.25, 0.3) is 5.91 Å². The number of pyridine rings is 1. The maximum atomic E-state index is 13.1. The minimum atomic E-state index is -0.926. The van der Waals surface area contributed by atoms with Crippen LogP contribution in [0.5, 0.6) is 11.5 Å². The van der Waals surface area contributed by atoms with Crippen molar-refractivity contribution in [3.05, 3.63) is 72.1 Å². The van der Waals surface area contributed by atoms with Gasteiger partial charge in [0.2, 0.25) is 5.91 Å². The number of benzene rings is 2. The third-order valence-corrected chi connectivity index (χ3v) is 5.25. The van der Waals surface area contributed by atoms with Gasteiger partial charge in [-0.3, -0.25) is 14.6 Å². The van der Waals surface area contributed by atoms with Crippen LogP contribution in [0.1, 0.15) is 23.3 Å². The molecule has 0 saturated heterocycles. The second-order valence-corrected chi connectivity index (χ2v) is 7.34. The van der Waals surface area contributed by atoms with Crippen LogP contribution in [0, 0.1) is 0 Å². The van der Waals surface area contributed by atoms with Gasteiger partial charge in [0.05, 0.1) is 25.3 Å². The number of H-pyrrole nitrogens is 1. The van der Waals surface area contributed by atoms with E-state index in [1.54, 1.807) is 49.8 Å². The van der Waals surface area contributed by atoms with E-state index in [9.17, 15) is 9.59 Å². The topological polar surface area (TPSA) is 132 Å². The molecule has 0 saturated carbocycles. The van der Waals surface area contributed by atoms with Crippen molar-refractivity contribution in [2.45, 2.75) is 19.9 Å². The highest BCUT2D eigenvalue weighted by atomic mass is 16.5. The van der Waals surface area contributed by atoms with Gasteiger partial charge >= 0.3 is 0 Å². The standard InChI is InChI=1S/C24H23N5O4.CH4/c1-32-19-7-6-14(13-20(19)33-2)12-18(22(25)30)28-24(31)16-4-3-5-17-21(16)29-23(27-17)15-8-10-26-11-9-15;/h3-11,13,18H,12H2,1-2H3,(H2,25,30)(H,27,29)(H,28,31);1H4/t18-;/m0./s1. The average molecular weight is 462 g/mol. The van der Waals surface area contributed by atoms with E-state index in [2.05, 4.69) is 20.3 Å². The van der Waals surface area contributed by atoms with E-state index in [1.807, 2.05) is 18.2 Å². The largest absolute Gasteiger partial charge is 0.493 e. The Kier molecular flexibility index (Phi) is 7.47. The number of nitrogens with zero attached hydrogens (tertiary/aromatic N) is 2. The van der Waals surface area contributed by atoms with Crippen molar-refractivity contribution >= 4 is 22.8 Å². The molecule has 0 radical (unpaired) electrons. The molecule has 0 unspecified atom stereocenters. The maximum Gasteiger partial charge on any atom is 0.254 e. The number of nitrogens with one attached hydrogen (secondary N) is 2.